The van der Waals surface area contributed by atoms with Gasteiger partial charge in [-0.05, 0) is 50.2 Å². The van der Waals surface area contributed by atoms with Crippen molar-refractivity contribution < 1.29 is 9.53 Å². The van der Waals surface area contributed by atoms with E-state index >= 15 is 0 Å². The molecule has 1 amide bonds. The minimum absolute atomic E-state index is 0.0956. The molecule has 136 valence electrons. The number of carbonyl (C=O) groups is 1. The van der Waals surface area contributed by atoms with Gasteiger partial charge < -0.3 is 9.64 Å². The number of piperidine rings is 1. The van der Waals surface area contributed by atoms with Gasteiger partial charge in [0.2, 0.25) is 0 Å². The van der Waals surface area contributed by atoms with Crippen molar-refractivity contribution >= 4 is 6.09 Å². The van der Waals surface area contributed by atoms with Crippen molar-refractivity contribution in [2.24, 2.45) is 0 Å². The number of nitriles is 1. The highest BCUT2D eigenvalue weighted by Gasteiger charge is 2.38. The predicted molar refractivity (Wildman–Crippen MR) is 99.5 cm³/mol. The van der Waals surface area contributed by atoms with Gasteiger partial charge in [0, 0.05) is 13.1 Å². The van der Waals surface area contributed by atoms with Gasteiger partial charge >= 0.3 is 6.09 Å². The van der Waals surface area contributed by atoms with Crippen molar-refractivity contribution in [1.29, 1.82) is 5.26 Å². The van der Waals surface area contributed by atoms with Crippen LogP contribution in [0.5, 0.6) is 0 Å². The monoisotopic (exact) mass is 342 g/mol. The molecule has 4 nitrogen and oxygen atoms in total. The summed E-state index contributed by atoms with van der Waals surface area (Å²) in [5, 5.41) is 9.85. The maximum Gasteiger partial charge on any atom is 0.410 e. The van der Waals surface area contributed by atoms with Gasteiger partial charge in [0.15, 0.2) is 0 Å². The zero-order chi connectivity index (χ0) is 18.9. The summed E-state index contributed by atoms with van der Waals surface area (Å²) < 4.78 is 5.44. The number of rotatable bonds is 1. The highest BCUT2D eigenvalue weighted by atomic mass is 16.6. The van der Waals surface area contributed by atoms with Crippen LogP contribution in [0.3, 0.4) is 0 Å². The summed E-state index contributed by atoms with van der Waals surface area (Å²) in [6, 6.07) is 10.9. The average Bonchev–Trinajstić information content (AvgIpc) is 2.52. The highest BCUT2D eigenvalue weighted by molar-refractivity contribution is 5.68. The van der Waals surface area contributed by atoms with Crippen LogP contribution in [0.25, 0.3) is 0 Å². The predicted octanol–water partition coefficient (Wildman–Crippen LogP) is 4.78. The minimum Gasteiger partial charge on any atom is -0.444 e. The van der Waals surface area contributed by atoms with Gasteiger partial charge in [-0.2, -0.15) is 5.26 Å². The number of carbonyl (C=O) groups excluding carboxylic acids is 1. The molecule has 0 N–H and O–H groups in total. The van der Waals surface area contributed by atoms with Crippen LogP contribution >= 0.6 is 0 Å². The van der Waals surface area contributed by atoms with Crippen molar-refractivity contribution in [3.05, 3.63) is 35.4 Å². The van der Waals surface area contributed by atoms with E-state index in [0.29, 0.717) is 25.9 Å². The fourth-order valence-electron chi connectivity index (χ4n) is 3.15. The first kappa shape index (κ1) is 19.3. The molecule has 1 aromatic carbocycles. The van der Waals surface area contributed by atoms with Gasteiger partial charge in [0.05, 0.1) is 11.5 Å². The van der Waals surface area contributed by atoms with E-state index < -0.39 is 11.0 Å². The second-order valence-corrected chi connectivity index (χ2v) is 8.99. The minimum atomic E-state index is -0.519. The van der Waals surface area contributed by atoms with E-state index in [1.807, 2.05) is 20.8 Å². The number of nitrogens with zero attached hydrogens (tertiary/aromatic N) is 2. The molecule has 0 saturated carbocycles. The molecule has 1 heterocycles. The maximum atomic E-state index is 12.2. The standard InChI is InChI=1S/C21H30N2O2/c1-19(2,3)16-7-9-17(10-8-16)21(15-22)11-13-23(14-12-21)18(24)25-20(4,5)6/h7-10H,11-14H2,1-6H3. The summed E-state index contributed by atoms with van der Waals surface area (Å²) in [4.78, 5) is 13.9. The van der Waals surface area contributed by atoms with Crippen molar-refractivity contribution in [3.63, 3.8) is 0 Å². The number of amides is 1. The first-order valence-electron chi connectivity index (χ1n) is 8.97. The fourth-order valence-corrected chi connectivity index (χ4v) is 3.15. The van der Waals surface area contributed by atoms with Crippen molar-refractivity contribution in [2.45, 2.75) is 70.8 Å². The summed E-state index contributed by atoms with van der Waals surface area (Å²) in [6.07, 6.45) is 0.983. The van der Waals surface area contributed by atoms with E-state index in [0.717, 1.165) is 5.56 Å². The highest BCUT2D eigenvalue weighted by Crippen LogP contribution is 2.36. The van der Waals surface area contributed by atoms with E-state index in [1.165, 1.54) is 5.56 Å². The van der Waals surface area contributed by atoms with Crippen LogP contribution in [0.15, 0.2) is 24.3 Å². The largest absolute Gasteiger partial charge is 0.444 e. The molecular formula is C21H30N2O2. The van der Waals surface area contributed by atoms with E-state index in [4.69, 9.17) is 4.74 Å². The molecule has 1 saturated heterocycles. The number of hydrogen-bond acceptors (Lipinski definition) is 3. The van der Waals surface area contributed by atoms with Gasteiger partial charge in [-0.15, -0.1) is 0 Å². The normalized spacial score (nSPS) is 17.7. The van der Waals surface area contributed by atoms with Gasteiger partial charge in [-0.25, -0.2) is 4.79 Å². The van der Waals surface area contributed by atoms with E-state index in [1.54, 1.807) is 4.90 Å². The Hall–Kier alpha value is -2.02. The zero-order valence-corrected chi connectivity index (χ0v) is 16.3. The van der Waals surface area contributed by atoms with Crippen LogP contribution in [-0.4, -0.2) is 29.7 Å². The van der Waals surface area contributed by atoms with Crippen molar-refractivity contribution in [3.8, 4) is 6.07 Å². The summed E-state index contributed by atoms with van der Waals surface area (Å²) in [7, 11) is 0. The summed E-state index contributed by atoms with van der Waals surface area (Å²) in [5.41, 5.74) is 1.39. The Morgan fingerprint density at radius 1 is 1.08 bits per heavy atom. The molecule has 0 bridgehead atoms. The molecule has 0 radical (unpaired) electrons. The number of hydrogen-bond donors (Lipinski definition) is 0. The lowest BCUT2D eigenvalue weighted by Gasteiger charge is -2.38. The average molecular weight is 342 g/mol. The number of benzene rings is 1. The van der Waals surface area contributed by atoms with Crippen LogP contribution in [0.1, 0.15) is 65.5 Å². The Morgan fingerprint density at radius 3 is 2.00 bits per heavy atom. The molecule has 25 heavy (non-hydrogen) atoms. The van der Waals surface area contributed by atoms with Crippen LogP contribution in [0.2, 0.25) is 0 Å². The van der Waals surface area contributed by atoms with Crippen LogP contribution in [0.4, 0.5) is 4.79 Å². The molecule has 2 rings (SSSR count). The van der Waals surface area contributed by atoms with Crippen LogP contribution < -0.4 is 0 Å². The fraction of sp³-hybridized carbons (Fsp3) is 0.619. The quantitative estimate of drug-likeness (QED) is 0.738. The zero-order valence-electron chi connectivity index (χ0n) is 16.3. The molecule has 0 unspecified atom stereocenters. The first-order valence-corrected chi connectivity index (χ1v) is 8.97. The van der Waals surface area contributed by atoms with Crippen LogP contribution in [-0.2, 0) is 15.6 Å². The summed E-state index contributed by atoms with van der Waals surface area (Å²) >= 11 is 0. The lowest BCUT2D eigenvalue weighted by molar-refractivity contribution is 0.0185. The third kappa shape index (κ3) is 4.54. The SMILES string of the molecule is CC(C)(C)OC(=O)N1CCC(C#N)(c2ccc(C(C)(C)C)cc2)CC1. The third-order valence-corrected chi connectivity index (χ3v) is 4.79. The lowest BCUT2D eigenvalue weighted by Crippen LogP contribution is -2.46. The van der Waals surface area contributed by atoms with E-state index in [9.17, 15) is 10.1 Å². The van der Waals surface area contributed by atoms with Gasteiger partial charge in [-0.3, -0.25) is 0 Å². The molecule has 1 aliphatic rings. The Balaban J connectivity index is 2.11. The molecular weight excluding hydrogens is 312 g/mol. The summed E-state index contributed by atoms with van der Waals surface area (Å²) in [5.74, 6) is 0. The second kappa shape index (κ2) is 6.71. The molecule has 1 fully saturated rings. The van der Waals surface area contributed by atoms with E-state index in [-0.39, 0.29) is 11.5 Å². The van der Waals surface area contributed by atoms with Gasteiger partial charge in [0.1, 0.15) is 5.60 Å². The molecule has 4 heteroatoms. The topological polar surface area (TPSA) is 53.3 Å². The smallest absolute Gasteiger partial charge is 0.410 e. The van der Waals surface area contributed by atoms with Crippen molar-refractivity contribution in [1.82, 2.24) is 4.90 Å². The molecule has 0 aliphatic carbocycles. The molecule has 1 aliphatic heterocycles. The Morgan fingerprint density at radius 2 is 1.60 bits per heavy atom. The first-order chi connectivity index (χ1) is 11.5. The Kier molecular flexibility index (Phi) is 5.18. The summed E-state index contributed by atoms with van der Waals surface area (Å²) in [6.45, 7) is 13.2. The molecule has 0 atom stereocenters. The maximum absolute atomic E-state index is 12.2. The number of ether oxygens (including phenoxy) is 1. The lowest BCUT2D eigenvalue weighted by atomic mass is 9.73. The third-order valence-electron chi connectivity index (χ3n) is 4.79. The van der Waals surface area contributed by atoms with Crippen molar-refractivity contribution in [2.75, 3.05) is 13.1 Å². The molecule has 0 spiro atoms. The van der Waals surface area contributed by atoms with Gasteiger partial charge in [-0.1, -0.05) is 45.0 Å². The molecule has 1 aromatic rings. The Labute approximate surface area is 151 Å². The van der Waals surface area contributed by atoms with E-state index in [2.05, 4.69) is 51.1 Å². The van der Waals surface area contributed by atoms with Crippen LogP contribution in [0, 0.1) is 11.3 Å². The Bertz CT molecular complexity index is 649. The number of likely N-dealkylation sites (tertiary alicyclic amines) is 1. The molecule has 0 aromatic heterocycles. The van der Waals surface area contributed by atoms with Gasteiger partial charge in [0.25, 0.3) is 0 Å². The second-order valence-electron chi connectivity index (χ2n) is 8.99.